The average molecular weight is 250 g/mol. The standard InChI is InChI=1S/C13H15FN2O2/c1-18-9-10-3-6-16(7-4-10)13(17)11-2-5-15-8-12(11)14/h2-3,5,8H,4,6-7,9H2,1H3. The molecule has 0 saturated carbocycles. The fourth-order valence-electron chi connectivity index (χ4n) is 1.93. The highest BCUT2D eigenvalue weighted by molar-refractivity contribution is 5.94. The van der Waals surface area contributed by atoms with Gasteiger partial charge in [0.1, 0.15) is 0 Å². The first-order valence-corrected chi connectivity index (χ1v) is 5.78. The Hall–Kier alpha value is -1.75. The van der Waals surface area contributed by atoms with Gasteiger partial charge in [-0.05, 0) is 18.1 Å². The van der Waals surface area contributed by atoms with Crippen LogP contribution in [-0.4, -0.2) is 42.6 Å². The van der Waals surface area contributed by atoms with Gasteiger partial charge in [-0.15, -0.1) is 0 Å². The summed E-state index contributed by atoms with van der Waals surface area (Å²) < 4.78 is 18.5. The molecule has 0 unspecified atom stereocenters. The van der Waals surface area contributed by atoms with Crippen molar-refractivity contribution in [3.8, 4) is 0 Å². The number of carbonyl (C=O) groups excluding carboxylic acids is 1. The van der Waals surface area contributed by atoms with Crippen molar-refractivity contribution < 1.29 is 13.9 Å². The van der Waals surface area contributed by atoms with Gasteiger partial charge >= 0.3 is 0 Å². The van der Waals surface area contributed by atoms with Crippen molar-refractivity contribution in [2.75, 3.05) is 26.8 Å². The number of ether oxygens (including phenoxy) is 1. The summed E-state index contributed by atoms with van der Waals surface area (Å²) in [5.41, 5.74) is 1.25. The molecule has 2 heterocycles. The van der Waals surface area contributed by atoms with E-state index in [1.807, 2.05) is 6.08 Å². The summed E-state index contributed by atoms with van der Waals surface area (Å²) in [6.45, 7) is 1.68. The van der Waals surface area contributed by atoms with Crippen LogP contribution in [0, 0.1) is 5.82 Å². The molecule has 0 bridgehead atoms. The van der Waals surface area contributed by atoms with Crippen molar-refractivity contribution in [2.24, 2.45) is 0 Å². The fourth-order valence-corrected chi connectivity index (χ4v) is 1.93. The van der Waals surface area contributed by atoms with Crippen LogP contribution in [0.3, 0.4) is 0 Å². The monoisotopic (exact) mass is 250 g/mol. The Morgan fingerprint density at radius 1 is 1.61 bits per heavy atom. The Kier molecular flexibility index (Phi) is 4.04. The molecule has 0 aromatic carbocycles. The van der Waals surface area contributed by atoms with Gasteiger partial charge in [-0.3, -0.25) is 9.78 Å². The molecule has 1 aliphatic rings. The molecule has 0 fully saturated rings. The molecule has 2 rings (SSSR count). The summed E-state index contributed by atoms with van der Waals surface area (Å²) in [4.78, 5) is 17.3. The summed E-state index contributed by atoms with van der Waals surface area (Å²) in [6, 6.07) is 1.41. The molecule has 5 heteroatoms. The van der Waals surface area contributed by atoms with Crippen LogP contribution in [-0.2, 0) is 4.74 Å². The third-order valence-electron chi connectivity index (χ3n) is 2.92. The Morgan fingerprint density at radius 3 is 3.06 bits per heavy atom. The topological polar surface area (TPSA) is 42.4 Å². The predicted molar refractivity (Wildman–Crippen MR) is 64.7 cm³/mol. The summed E-state index contributed by atoms with van der Waals surface area (Å²) in [5, 5.41) is 0. The van der Waals surface area contributed by atoms with Gasteiger partial charge < -0.3 is 9.64 Å². The predicted octanol–water partition coefficient (Wildman–Crippen LogP) is 1.64. The van der Waals surface area contributed by atoms with E-state index in [0.717, 1.165) is 12.6 Å². The van der Waals surface area contributed by atoms with E-state index >= 15 is 0 Å². The molecule has 0 spiro atoms. The van der Waals surface area contributed by atoms with Crippen LogP contribution < -0.4 is 0 Å². The van der Waals surface area contributed by atoms with E-state index in [0.29, 0.717) is 19.7 Å². The minimum Gasteiger partial charge on any atom is -0.380 e. The van der Waals surface area contributed by atoms with Crippen molar-refractivity contribution >= 4 is 5.91 Å². The van der Waals surface area contributed by atoms with Gasteiger partial charge in [0.2, 0.25) is 0 Å². The lowest BCUT2D eigenvalue weighted by Gasteiger charge is -2.26. The third kappa shape index (κ3) is 2.73. The summed E-state index contributed by atoms with van der Waals surface area (Å²) >= 11 is 0. The Labute approximate surface area is 105 Å². The minimum absolute atomic E-state index is 0.0774. The zero-order valence-electron chi connectivity index (χ0n) is 10.2. The van der Waals surface area contributed by atoms with Gasteiger partial charge in [0.15, 0.2) is 5.82 Å². The molecule has 0 N–H and O–H groups in total. The van der Waals surface area contributed by atoms with Crippen molar-refractivity contribution in [3.05, 3.63) is 41.5 Å². The lowest BCUT2D eigenvalue weighted by Crippen LogP contribution is -2.35. The van der Waals surface area contributed by atoms with Gasteiger partial charge in [0.05, 0.1) is 18.4 Å². The zero-order chi connectivity index (χ0) is 13.0. The van der Waals surface area contributed by atoms with Crippen LogP contribution in [0.1, 0.15) is 16.8 Å². The quantitative estimate of drug-likeness (QED) is 0.766. The second-order valence-corrected chi connectivity index (χ2v) is 4.15. The van der Waals surface area contributed by atoms with E-state index in [1.165, 1.54) is 17.8 Å². The Bertz CT molecular complexity index is 474. The van der Waals surface area contributed by atoms with E-state index in [9.17, 15) is 9.18 Å². The Morgan fingerprint density at radius 2 is 2.44 bits per heavy atom. The van der Waals surface area contributed by atoms with Crippen LogP contribution in [0.15, 0.2) is 30.1 Å². The van der Waals surface area contributed by atoms with Gasteiger partial charge in [0, 0.05) is 26.4 Å². The molecular weight excluding hydrogens is 235 g/mol. The Balaban J connectivity index is 2.06. The molecule has 0 aliphatic carbocycles. The summed E-state index contributed by atoms with van der Waals surface area (Å²) in [6.07, 6.45) is 5.21. The fraction of sp³-hybridized carbons (Fsp3) is 0.385. The van der Waals surface area contributed by atoms with E-state index in [4.69, 9.17) is 4.74 Å². The maximum atomic E-state index is 13.4. The minimum atomic E-state index is -0.575. The number of amides is 1. The van der Waals surface area contributed by atoms with Gasteiger partial charge in [0.25, 0.3) is 5.91 Å². The maximum absolute atomic E-state index is 13.4. The first-order chi connectivity index (χ1) is 8.72. The van der Waals surface area contributed by atoms with Gasteiger partial charge in [-0.25, -0.2) is 4.39 Å². The van der Waals surface area contributed by atoms with Crippen molar-refractivity contribution in [1.82, 2.24) is 9.88 Å². The molecule has 96 valence electrons. The number of pyridine rings is 1. The lowest BCUT2D eigenvalue weighted by molar-refractivity contribution is 0.0760. The number of halogens is 1. The first-order valence-electron chi connectivity index (χ1n) is 5.78. The van der Waals surface area contributed by atoms with Crippen LogP contribution in [0.5, 0.6) is 0 Å². The van der Waals surface area contributed by atoms with Crippen molar-refractivity contribution in [1.29, 1.82) is 0 Å². The molecule has 0 saturated heterocycles. The highest BCUT2D eigenvalue weighted by Crippen LogP contribution is 2.15. The maximum Gasteiger partial charge on any atom is 0.257 e. The van der Waals surface area contributed by atoms with E-state index in [2.05, 4.69) is 4.98 Å². The molecule has 0 atom stereocenters. The molecule has 1 aliphatic heterocycles. The highest BCUT2D eigenvalue weighted by Gasteiger charge is 2.21. The third-order valence-corrected chi connectivity index (χ3v) is 2.92. The van der Waals surface area contributed by atoms with Crippen LogP contribution in [0.2, 0.25) is 0 Å². The smallest absolute Gasteiger partial charge is 0.257 e. The van der Waals surface area contributed by atoms with E-state index in [-0.39, 0.29) is 11.5 Å². The number of hydrogen-bond acceptors (Lipinski definition) is 3. The molecular formula is C13H15FN2O2. The first kappa shape index (κ1) is 12.7. The molecule has 0 radical (unpaired) electrons. The average Bonchev–Trinajstić information content (AvgIpc) is 2.40. The summed E-state index contributed by atoms with van der Waals surface area (Å²) in [5.74, 6) is -0.864. The van der Waals surface area contributed by atoms with Crippen molar-refractivity contribution in [3.63, 3.8) is 0 Å². The number of hydrogen-bond donors (Lipinski definition) is 0. The zero-order valence-corrected chi connectivity index (χ0v) is 10.2. The van der Waals surface area contributed by atoms with Crippen LogP contribution >= 0.6 is 0 Å². The number of methoxy groups -OCH3 is 1. The highest BCUT2D eigenvalue weighted by atomic mass is 19.1. The molecule has 4 nitrogen and oxygen atoms in total. The summed E-state index contributed by atoms with van der Waals surface area (Å²) in [7, 11) is 1.64. The van der Waals surface area contributed by atoms with Gasteiger partial charge in [-0.2, -0.15) is 0 Å². The number of nitrogens with zero attached hydrogens (tertiary/aromatic N) is 2. The van der Waals surface area contributed by atoms with Crippen molar-refractivity contribution in [2.45, 2.75) is 6.42 Å². The largest absolute Gasteiger partial charge is 0.380 e. The second kappa shape index (κ2) is 5.73. The second-order valence-electron chi connectivity index (χ2n) is 4.15. The number of carbonyl (C=O) groups is 1. The molecule has 1 aromatic heterocycles. The number of aromatic nitrogens is 1. The van der Waals surface area contributed by atoms with Gasteiger partial charge in [-0.1, -0.05) is 6.08 Å². The molecule has 1 amide bonds. The van der Waals surface area contributed by atoms with E-state index < -0.39 is 5.82 Å². The molecule has 1 aromatic rings. The normalized spacial score (nSPS) is 15.4. The SMILES string of the molecule is COCC1=CCN(C(=O)c2ccncc2F)CC1. The van der Waals surface area contributed by atoms with E-state index in [1.54, 1.807) is 12.0 Å². The number of rotatable bonds is 3. The van der Waals surface area contributed by atoms with Crippen LogP contribution in [0.4, 0.5) is 4.39 Å². The van der Waals surface area contributed by atoms with Crippen LogP contribution in [0.25, 0.3) is 0 Å². The molecule has 18 heavy (non-hydrogen) atoms. The lowest BCUT2D eigenvalue weighted by atomic mass is 10.1.